The molecule has 6 heteroatoms. The highest BCUT2D eigenvalue weighted by Gasteiger charge is 2.18. The van der Waals surface area contributed by atoms with E-state index in [1.54, 1.807) is 13.2 Å². The standard InChI is InChI=1S/C15H13Cl3INO/c1-20-15(8-3-4-13(19)11(17)5-8)9-6-12(18)14(21-2)7-10(9)16/h3-7,15,20H,1-2H3. The van der Waals surface area contributed by atoms with Crippen LogP contribution in [0.5, 0.6) is 5.75 Å². The minimum atomic E-state index is -0.101. The van der Waals surface area contributed by atoms with E-state index in [0.717, 1.165) is 14.7 Å². The first kappa shape index (κ1) is 17.2. The van der Waals surface area contributed by atoms with Crippen LogP contribution >= 0.6 is 57.4 Å². The summed E-state index contributed by atoms with van der Waals surface area (Å²) in [4.78, 5) is 0. The van der Waals surface area contributed by atoms with Gasteiger partial charge < -0.3 is 10.1 Å². The van der Waals surface area contributed by atoms with Crippen molar-refractivity contribution in [3.05, 3.63) is 60.1 Å². The van der Waals surface area contributed by atoms with Crippen LogP contribution in [0.2, 0.25) is 15.1 Å². The predicted octanol–water partition coefficient (Wildman–Crippen LogP) is 5.57. The van der Waals surface area contributed by atoms with E-state index in [4.69, 9.17) is 39.5 Å². The number of methoxy groups -OCH3 is 1. The van der Waals surface area contributed by atoms with Crippen LogP contribution in [-0.2, 0) is 0 Å². The molecule has 0 saturated heterocycles. The van der Waals surface area contributed by atoms with Crippen LogP contribution in [0.4, 0.5) is 0 Å². The van der Waals surface area contributed by atoms with Crippen molar-refractivity contribution in [2.24, 2.45) is 0 Å². The van der Waals surface area contributed by atoms with Gasteiger partial charge in [-0.3, -0.25) is 0 Å². The van der Waals surface area contributed by atoms with E-state index in [1.807, 2.05) is 31.3 Å². The van der Waals surface area contributed by atoms with Crippen LogP contribution in [0, 0.1) is 3.57 Å². The Hall–Kier alpha value is -0.200. The third kappa shape index (κ3) is 3.77. The van der Waals surface area contributed by atoms with Gasteiger partial charge >= 0.3 is 0 Å². The fourth-order valence-corrected chi connectivity index (χ4v) is 3.15. The van der Waals surface area contributed by atoms with Crippen molar-refractivity contribution >= 4 is 57.4 Å². The second-order valence-corrected chi connectivity index (χ2v) is 6.79. The van der Waals surface area contributed by atoms with Gasteiger partial charge in [-0.05, 0) is 59.0 Å². The molecule has 112 valence electrons. The molecule has 0 radical (unpaired) electrons. The molecular formula is C15H13Cl3INO. The quantitative estimate of drug-likeness (QED) is 0.608. The van der Waals surface area contributed by atoms with Crippen LogP contribution < -0.4 is 10.1 Å². The molecular weight excluding hydrogens is 443 g/mol. The van der Waals surface area contributed by atoms with E-state index in [1.165, 1.54) is 0 Å². The first-order chi connectivity index (χ1) is 9.97. The van der Waals surface area contributed by atoms with Gasteiger partial charge in [0.1, 0.15) is 5.75 Å². The molecule has 1 atom stereocenters. The van der Waals surface area contributed by atoms with Gasteiger partial charge in [0.15, 0.2) is 0 Å². The molecule has 0 aliphatic rings. The first-order valence-electron chi connectivity index (χ1n) is 6.13. The molecule has 0 spiro atoms. The normalized spacial score (nSPS) is 12.3. The van der Waals surface area contributed by atoms with E-state index in [9.17, 15) is 0 Å². The molecule has 2 nitrogen and oxygen atoms in total. The summed E-state index contributed by atoms with van der Waals surface area (Å²) in [6.07, 6.45) is 0. The van der Waals surface area contributed by atoms with Crippen molar-refractivity contribution < 1.29 is 4.74 Å². The van der Waals surface area contributed by atoms with Gasteiger partial charge in [0, 0.05) is 14.7 Å². The lowest BCUT2D eigenvalue weighted by Gasteiger charge is -2.20. The van der Waals surface area contributed by atoms with E-state index < -0.39 is 0 Å². The molecule has 0 amide bonds. The third-order valence-electron chi connectivity index (χ3n) is 3.15. The topological polar surface area (TPSA) is 21.3 Å². The highest BCUT2D eigenvalue weighted by atomic mass is 127. The van der Waals surface area contributed by atoms with E-state index in [-0.39, 0.29) is 6.04 Å². The summed E-state index contributed by atoms with van der Waals surface area (Å²) in [6.45, 7) is 0. The van der Waals surface area contributed by atoms with E-state index >= 15 is 0 Å². The van der Waals surface area contributed by atoms with Crippen LogP contribution in [0.25, 0.3) is 0 Å². The Morgan fingerprint density at radius 2 is 1.76 bits per heavy atom. The Balaban J connectivity index is 2.50. The zero-order valence-electron chi connectivity index (χ0n) is 11.4. The van der Waals surface area contributed by atoms with Crippen LogP contribution in [-0.4, -0.2) is 14.2 Å². The van der Waals surface area contributed by atoms with Gasteiger partial charge in [-0.15, -0.1) is 0 Å². The molecule has 0 fully saturated rings. The predicted molar refractivity (Wildman–Crippen MR) is 98.1 cm³/mol. The molecule has 0 aromatic heterocycles. The summed E-state index contributed by atoms with van der Waals surface area (Å²) in [7, 11) is 3.43. The molecule has 0 heterocycles. The van der Waals surface area contributed by atoms with E-state index in [2.05, 4.69) is 27.9 Å². The van der Waals surface area contributed by atoms with Crippen molar-refractivity contribution in [3.8, 4) is 5.75 Å². The fourth-order valence-electron chi connectivity index (χ4n) is 2.12. The lowest BCUT2D eigenvalue weighted by Crippen LogP contribution is -2.18. The summed E-state index contributed by atoms with van der Waals surface area (Å²) in [5.74, 6) is 0.556. The molecule has 1 N–H and O–H groups in total. The van der Waals surface area contributed by atoms with Crippen LogP contribution in [0.3, 0.4) is 0 Å². The maximum Gasteiger partial charge on any atom is 0.138 e. The summed E-state index contributed by atoms with van der Waals surface area (Å²) in [5, 5.41) is 5.06. The molecule has 2 aromatic rings. The Labute approximate surface area is 152 Å². The highest BCUT2D eigenvalue weighted by molar-refractivity contribution is 14.1. The molecule has 21 heavy (non-hydrogen) atoms. The van der Waals surface area contributed by atoms with E-state index in [0.29, 0.717) is 20.8 Å². The summed E-state index contributed by atoms with van der Waals surface area (Å²) in [5.41, 5.74) is 1.90. The Morgan fingerprint density at radius 3 is 2.33 bits per heavy atom. The van der Waals surface area contributed by atoms with Crippen LogP contribution in [0.15, 0.2) is 30.3 Å². The average Bonchev–Trinajstić information content (AvgIpc) is 2.46. The van der Waals surface area contributed by atoms with Gasteiger partial charge in [0.2, 0.25) is 0 Å². The van der Waals surface area contributed by atoms with Gasteiger partial charge in [-0.25, -0.2) is 0 Å². The van der Waals surface area contributed by atoms with Crippen molar-refractivity contribution in [1.82, 2.24) is 5.32 Å². The number of hydrogen-bond acceptors (Lipinski definition) is 2. The smallest absolute Gasteiger partial charge is 0.138 e. The average molecular weight is 457 g/mol. The van der Waals surface area contributed by atoms with Crippen molar-refractivity contribution in [3.63, 3.8) is 0 Å². The Bertz CT molecular complexity index is 664. The number of benzene rings is 2. The Morgan fingerprint density at radius 1 is 1.05 bits per heavy atom. The SMILES string of the molecule is CNC(c1ccc(I)c(Cl)c1)c1cc(Cl)c(OC)cc1Cl. The lowest BCUT2D eigenvalue weighted by atomic mass is 9.98. The molecule has 0 saturated carbocycles. The zero-order valence-corrected chi connectivity index (χ0v) is 15.8. The Kier molecular flexibility index (Phi) is 6.03. The summed E-state index contributed by atoms with van der Waals surface area (Å²) in [6, 6.07) is 9.35. The number of halogens is 4. The third-order valence-corrected chi connectivity index (χ3v) is 5.34. The molecule has 0 aliphatic heterocycles. The number of hydrogen-bond donors (Lipinski definition) is 1. The number of rotatable bonds is 4. The van der Waals surface area contributed by atoms with Crippen LogP contribution in [0.1, 0.15) is 17.2 Å². The monoisotopic (exact) mass is 455 g/mol. The van der Waals surface area contributed by atoms with Gasteiger partial charge in [0.25, 0.3) is 0 Å². The van der Waals surface area contributed by atoms with Gasteiger partial charge in [-0.1, -0.05) is 40.9 Å². The highest BCUT2D eigenvalue weighted by Crippen LogP contribution is 2.36. The summed E-state index contributed by atoms with van der Waals surface area (Å²) < 4.78 is 6.18. The lowest BCUT2D eigenvalue weighted by molar-refractivity contribution is 0.415. The number of nitrogens with one attached hydrogen (secondary N) is 1. The molecule has 0 aliphatic carbocycles. The minimum absolute atomic E-state index is 0.101. The molecule has 2 aromatic carbocycles. The second kappa shape index (κ2) is 7.38. The van der Waals surface area contributed by atoms with Crippen molar-refractivity contribution in [2.45, 2.75) is 6.04 Å². The largest absolute Gasteiger partial charge is 0.495 e. The maximum atomic E-state index is 6.36. The van der Waals surface area contributed by atoms with Crippen molar-refractivity contribution in [1.29, 1.82) is 0 Å². The maximum absolute atomic E-state index is 6.36. The van der Waals surface area contributed by atoms with Gasteiger partial charge in [0.05, 0.1) is 23.2 Å². The minimum Gasteiger partial charge on any atom is -0.495 e. The second-order valence-electron chi connectivity index (χ2n) is 4.40. The summed E-state index contributed by atoms with van der Waals surface area (Å²) >= 11 is 21.0. The van der Waals surface area contributed by atoms with Crippen molar-refractivity contribution in [2.75, 3.05) is 14.2 Å². The molecule has 2 rings (SSSR count). The fraction of sp³-hybridized carbons (Fsp3) is 0.200. The van der Waals surface area contributed by atoms with Gasteiger partial charge in [-0.2, -0.15) is 0 Å². The zero-order chi connectivity index (χ0) is 15.6. The molecule has 1 unspecified atom stereocenters. The number of ether oxygens (including phenoxy) is 1. The molecule has 0 bridgehead atoms. The first-order valence-corrected chi connectivity index (χ1v) is 8.34.